The molecule has 1 atom stereocenters. The molecule has 0 radical (unpaired) electrons. The number of benzene rings is 1. The Hall–Kier alpha value is -3.42. The number of carbonyl (C=O) groups excluding carboxylic acids is 3. The van der Waals surface area contributed by atoms with Crippen molar-refractivity contribution in [3.05, 3.63) is 54.3 Å². The van der Waals surface area contributed by atoms with Gasteiger partial charge in [-0.3, -0.25) is 19.8 Å². The number of nitrogens with zero attached hydrogens (tertiary/aromatic N) is 4. The van der Waals surface area contributed by atoms with Crippen molar-refractivity contribution < 1.29 is 14.4 Å². The lowest BCUT2D eigenvalue weighted by Crippen LogP contribution is -2.34. The van der Waals surface area contributed by atoms with E-state index in [2.05, 4.69) is 44.8 Å². The number of anilines is 1. The van der Waals surface area contributed by atoms with Gasteiger partial charge in [0.15, 0.2) is 0 Å². The van der Waals surface area contributed by atoms with E-state index in [4.69, 9.17) is 0 Å². The highest BCUT2D eigenvalue weighted by atomic mass is 16.2. The maximum absolute atomic E-state index is 13.8. The average molecular weight is 566 g/mol. The zero-order valence-electron chi connectivity index (χ0n) is 26.0. The predicted octanol–water partition coefficient (Wildman–Crippen LogP) is 6.72. The van der Waals surface area contributed by atoms with Crippen molar-refractivity contribution in [2.24, 2.45) is 11.0 Å². The van der Waals surface area contributed by atoms with E-state index in [1.165, 1.54) is 0 Å². The van der Waals surface area contributed by atoms with Crippen LogP contribution in [0.1, 0.15) is 107 Å². The van der Waals surface area contributed by atoms with E-state index in [0.29, 0.717) is 55.2 Å². The highest BCUT2D eigenvalue weighted by Crippen LogP contribution is 2.24. The lowest BCUT2D eigenvalue weighted by Gasteiger charge is -2.25. The number of hydrogen-bond acceptors (Lipinski definition) is 5. The first-order valence-electron chi connectivity index (χ1n) is 15.5. The van der Waals surface area contributed by atoms with E-state index in [1.54, 1.807) is 41.5 Å². The van der Waals surface area contributed by atoms with Crippen LogP contribution in [-0.2, 0) is 4.79 Å². The van der Waals surface area contributed by atoms with Crippen molar-refractivity contribution >= 4 is 29.1 Å². The van der Waals surface area contributed by atoms with Crippen molar-refractivity contribution in [3.8, 4) is 0 Å². The van der Waals surface area contributed by atoms with Crippen LogP contribution in [-0.4, -0.2) is 70.9 Å². The van der Waals surface area contributed by atoms with Crippen LogP contribution in [0.2, 0.25) is 0 Å². The molecule has 1 aromatic carbocycles. The summed E-state index contributed by atoms with van der Waals surface area (Å²) in [5, 5.41) is 4.51. The number of nitrogens with one attached hydrogen (secondary N) is 1. The van der Waals surface area contributed by atoms with E-state index >= 15 is 0 Å². The molecular weight excluding hydrogens is 514 g/mol. The molecule has 0 spiro atoms. The third-order valence-corrected chi connectivity index (χ3v) is 7.31. The Balaban J connectivity index is 2.49. The number of rotatable bonds is 18. The van der Waals surface area contributed by atoms with Crippen molar-refractivity contribution in [3.63, 3.8) is 0 Å². The van der Waals surface area contributed by atoms with Gasteiger partial charge in [-0.1, -0.05) is 73.0 Å². The second kappa shape index (κ2) is 18.1. The standard InChI is InChI=1S/C33H51N5O3/c1-7-12-19-36(20-13-8-2)31(39)27-17-18-28(32(40)37(21-14-9-3)22-15-10-4)29(24-27)34-35-30-26(6)25-38(33(30)41)23-16-11-5/h11,16-18,23-24,26,34H,5,7-10,12-15,19-22,25H2,1-4,6H3/b23-16?,35-30+. The van der Waals surface area contributed by atoms with Crippen molar-refractivity contribution in [2.45, 2.75) is 86.0 Å². The molecule has 3 amide bonds. The van der Waals surface area contributed by atoms with Crippen LogP contribution >= 0.6 is 0 Å². The molecule has 41 heavy (non-hydrogen) atoms. The lowest BCUT2D eigenvalue weighted by molar-refractivity contribution is -0.120. The number of hydrazone groups is 1. The summed E-state index contributed by atoms with van der Waals surface area (Å²) in [5.74, 6) is -0.441. The van der Waals surface area contributed by atoms with Gasteiger partial charge in [0.2, 0.25) is 0 Å². The Labute approximate surface area is 247 Å². The fraction of sp³-hybridized carbons (Fsp3) is 0.576. The van der Waals surface area contributed by atoms with E-state index in [0.717, 1.165) is 51.4 Å². The van der Waals surface area contributed by atoms with E-state index < -0.39 is 0 Å². The molecule has 1 unspecified atom stereocenters. The molecular formula is C33H51N5O3. The van der Waals surface area contributed by atoms with Gasteiger partial charge >= 0.3 is 0 Å². The summed E-state index contributed by atoms with van der Waals surface area (Å²) in [6.07, 6.45) is 12.7. The molecule has 0 saturated carbocycles. The fourth-order valence-corrected chi connectivity index (χ4v) is 4.73. The molecule has 226 valence electrons. The van der Waals surface area contributed by atoms with Crippen LogP contribution in [0.25, 0.3) is 0 Å². The zero-order chi connectivity index (χ0) is 30.2. The highest BCUT2D eigenvalue weighted by molar-refractivity contribution is 6.41. The molecule has 1 aliphatic rings. The van der Waals surface area contributed by atoms with Gasteiger partial charge < -0.3 is 14.7 Å². The van der Waals surface area contributed by atoms with Gasteiger partial charge in [-0.05, 0) is 50.0 Å². The van der Waals surface area contributed by atoms with Gasteiger partial charge in [0.05, 0.1) is 11.3 Å². The van der Waals surface area contributed by atoms with Crippen LogP contribution < -0.4 is 5.43 Å². The van der Waals surface area contributed by atoms with Crippen LogP contribution in [0.5, 0.6) is 0 Å². The number of likely N-dealkylation sites (tertiary alicyclic amines) is 1. The summed E-state index contributed by atoms with van der Waals surface area (Å²) in [6, 6.07) is 5.21. The molecule has 0 aliphatic carbocycles. The molecule has 1 aromatic rings. The maximum atomic E-state index is 13.8. The third-order valence-electron chi connectivity index (χ3n) is 7.31. The first-order valence-corrected chi connectivity index (χ1v) is 15.5. The molecule has 1 fully saturated rings. The topological polar surface area (TPSA) is 85.3 Å². The molecule has 8 heteroatoms. The first kappa shape index (κ1) is 33.8. The maximum Gasteiger partial charge on any atom is 0.274 e. The molecule has 1 saturated heterocycles. The van der Waals surface area contributed by atoms with Gasteiger partial charge in [0.25, 0.3) is 17.7 Å². The Kier molecular flexibility index (Phi) is 14.9. The monoisotopic (exact) mass is 565 g/mol. The van der Waals surface area contributed by atoms with E-state index in [-0.39, 0.29) is 23.6 Å². The summed E-state index contributed by atoms with van der Waals surface area (Å²) in [7, 11) is 0. The Morgan fingerprint density at radius 2 is 1.49 bits per heavy atom. The predicted molar refractivity (Wildman–Crippen MR) is 169 cm³/mol. The number of unbranched alkanes of at least 4 members (excludes halogenated alkanes) is 4. The van der Waals surface area contributed by atoms with Crippen LogP contribution in [0.3, 0.4) is 0 Å². The van der Waals surface area contributed by atoms with Crippen LogP contribution in [0.4, 0.5) is 5.69 Å². The first-order chi connectivity index (χ1) is 19.8. The lowest BCUT2D eigenvalue weighted by atomic mass is 10.1. The highest BCUT2D eigenvalue weighted by Gasteiger charge is 2.33. The van der Waals surface area contributed by atoms with Gasteiger partial charge in [0, 0.05) is 50.4 Å². The molecule has 1 heterocycles. The van der Waals surface area contributed by atoms with Gasteiger partial charge in [0.1, 0.15) is 5.71 Å². The fourth-order valence-electron chi connectivity index (χ4n) is 4.73. The number of hydrogen-bond donors (Lipinski definition) is 1. The Morgan fingerprint density at radius 1 is 0.951 bits per heavy atom. The van der Waals surface area contributed by atoms with E-state index in [9.17, 15) is 14.4 Å². The van der Waals surface area contributed by atoms with Crippen LogP contribution in [0.15, 0.2) is 48.2 Å². The van der Waals surface area contributed by atoms with Crippen LogP contribution in [0, 0.1) is 5.92 Å². The minimum absolute atomic E-state index is 0.0542. The van der Waals surface area contributed by atoms with Crippen molar-refractivity contribution in [2.75, 3.05) is 38.1 Å². The van der Waals surface area contributed by atoms with Gasteiger partial charge in [-0.15, -0.1) is 0 Å². The summed E-state index contributed by atoms with van der Waals surface area (Å²) in [4.78, 5) is 45.8. The van der Waals surface area contributed by atoms with E-state index in [1.807, 2.05) is 16.7 Å². The minimum Gasteiger partial charge on any atom is -0.339 e. The average Bonchev–Trinajstić information content (AvgIpc) is 3.25. The smallest absolute Gasteiger partial charge is 0.274 e. The number of amides is 3. The third kappa shape index (κ3) is 9.87. The molecule has 1 N–H and O–H groups in total. The zero-order valence-corrected chi connectivity index (χ0v) is 26.0. The number of carbonyl (C=O) groups is 3. The molecule has 1 aliphatic heterocycles. The summed E-state index contributed by atoms with van der Waals surface area (Å²) < 4.78 is 0. The molecule has 2 rings (SSSR count). The van der Waals surface area contributed by atoms with Crippen molar-refractivity contribution in [1.29, 1.82) is 0 Å². The van der Waals surface area contributed by atoms with Crippen molar-refractivity contribution in [1.82, 2.24) is 14.7 Å². The summed E-state index contributed by atoms with van der Waals surface area (Å²) in [6.45, 7) is 17.3. The summed E-state index contributed by atoms with van der Waals surface area (Å²) in [5.41, 5.74) is 4.82. The number of allylic oxidation sites excluding steroid dienone is 2. The second-order valence-corrected chi connectivity index (χ2v) is 10.8. The minimum atomic E-state index is -0.193. The second-order valence-electron chi connectivity index (χ2n) is 10.8. The Morgan fingerprint density at radius 3 is 2.00 bits per heavy atom. The SMILES string of the molecule is C=CC=CN1CC(C)/C(=N\Nc2cc(C(=O)N(CCCC)CCCC)ccc2C(=O)N(CCCC)CCCC)C1=O. The Bertz CT molecular complexity index is 1060. The quantitative estimate of drug-likeness (QED) is 0.158. The van der Waals surface area contributed by atoms with Gasteiger partial charge in [-0.25, -0.2) is 0 Å². The molecule has 8 nitrogen and oxygen atoms in total. The summed E-state index contributed by atoms with van der Waals surface area (Å²) >= 11 is 0. The largest absolute Gasteiger partial charge is 0.339 e. The normalized spacial score (nSPS) is 16.0. The molecule has 0 bridgehead atoms. The van der Waals surface area contributed by atoms with Gasteiger partial charge in [-0.2, -0.15) is 5.10 Å². The molecule has 0 aromatic heterocycles.